The van der Waals surface area contributed by atoms with Crippen LogP contribution in [0.5, 0.6) is 0 Å². The Morgan fingerprint density at radius 2 is 1.96 bits per heavy atom. The molecule has 1 N–H and O–H groups in total. The van der Waals surface area contributed by atoms with Crippen LogP contribution in [0.2, 0.25) is 0 Å². The van der Waals surface area contributed by atoms with Crippen molar-refractivity contribution in [3.8, 4) is 0 Å². The molecular weight excluding hydrogens is 338 g/mol. The van der Waals surface area contributed by atoms with Crippen LogP contribution in [0.4, 0.5) is 5.69 Å². The van der Waals surface area contributed by atoms with E-state index in [2.05, 4.69) is 20.4 Å². The van der Waals surface area contributed by atoms with Crippen molar-refractivity contribution in [3.05, 3.63) is 35.7 Å². The van der Waals surface area contributed by atoms with Gasteiger partial charge in [0.1, 0.15) is 5.82 Å². The third-order valence-corrected chi connectivity index (χ3v) is 5.08. The standard InChI is InChI=1S/C17H23N5O2S/c1-13-3-5-14(6-4-13)18-16(23)12-25-17-20-19-15(21(17)2)11-22-7-9-24-10-8-22/h3-6H,7-12H2,1-2H3,(H,18,23). The highest BCUT2D eigenvalue weighted by atomic mass is 32.2. The van der Waals surface area contributed by atoms with Gasteiger partial charge in [-0.25, -0.2) is 0 Å². The van der Waals surface area contributed by atoms with Gasteiger partial charge in [0, 0.05) is 25.8 Å². The van der Waals surface area contributed by atoms with E-state index in [1.165, 1.54) is 17.3 Å². The van der Waals surface area contributed by atoms with E-state index in [-0.39, 0.29) is 5.91 Å². The molecule has 2 aromatic rings. The molecule has 1 aromatic carbocycles. The van der Waals surface area contributed by atoms with Crippen molar-refractivity contribution in [2.45, 2.75) is 18.6 Å². The number of nitrogens with zero attached hydrogens (tertiary/aromatic N) is 4. The summed E-state index contributed by atoms with van der Waals surface area (Å²) in [4.78, 5) is 14.4. The van der Waals surface area contributed by atoms with E-state index >= 15 is 0 Å². The largest absolute Gasteiger partial charge is 0.379 e. The van der Waals surface area contributed by atoms with Gasteiger partial charge in [0.25, 0.3) is 0 Å². The number of thioether (sulfide) groups is 1. The summed E-state index contributed by atoms with van der Waals surface area (Å²) in [6, 6.07) is 7.76. The molecule has 1 fully saturated rings. The highest BCUT2D eigenvalue weighted by Crippen LogP contribution is 2.17. The van der Waals surface area contributed by atoms with Gasteiger partial charge in [-0.2, -0.15) is 0 Å². The van der Waals surface area contributed by atoms with Crippen LogP contribution in [0.3, 0.4) is 0 Å². The van der Waals surface area contributed by atoms with Gasteiger partial charge < -0.3 is 14.6 Å². The summed E-state index contributed by atoms with van der Waals surface area (Å²) in [5.74, 6) is 1.16. The lowest BCUT2D eigenvalue weighted by atomic mass is 10.2. The molecule has 0 aliphatic carbocycles. The monoisotopic (exact) mass is 361 g/mol. The number of carbonyl (C=O) groups excluding carboxylic acids is 1. The van der Waals surface area contributed by atoms with E-state index in [1.54, 1.807) is 0 Å². The van der Waals surface area contributed by atoms with E-state index in [1.807, 2.05) is 42.8 Å². The minimum absolute atomic E-state index is 0.0495. The van der Waals surface area contributed by atoms with Crippen LogP contribution in [0.25, 0.3) is 0 Å². The van der Waals surface area contributed by atoms with Gasteiger partial charge >= 0.3 is 0 Å². The first-order chi connectivity index (χ1) is 12.1. The Morgan fingerprint density at radius 3 is 2.68 bits per heavy atom. The summed E-state index contributed by atoms with van der Waals surface area (Å²) < 4.78 is 7.32. The smallest absolute Gasteiger partial charge is 0.234 e. The lowest BCUT2D eigenvalue weighted by Gasteiger charge is -2.25. The summed E-state index contributed by atoms with van der Waals surface area (Å²) in [5, 5.41) is 12.1. The van der Waals surface area contributed by atoms with E-state index in [0.717, 1.165) is 49.5 Å². The summed E-state index contributed by atoms with van der Waals surface area (Å²) in [6.07, 6.45) is 0. The van der Waals surface area contributed by atoms with Gasteiger partial charge in [0.15, 0.2) is 5.16 Å². The van der Waals surface area contributed by atoms with Gasteiger partial charge in [0.2, 0.25) is 5.91 Å². The Hall–Kier alpha value is -1.90. The molecule has 3 rings (SSSR count). The Balaban J connectivity index is 1.50. The van der Waals surface area contributed by atoms with Crippen molar-refractivity contribution < 1.29 is 9.53 Å². The van der Waals surface area contributed by atoms with Crippen molar-refractivity contribution in [1.82, 2.24) is 19.7 Å². The maximum Gasteiger partial charge on any atom is 0.234 e. The molecule has 25 heavy (non-hydrogen) atoms. The first kappa shape index (κ1) is 17.9. The molecule has 8 heteroatoms. The molecular formula is C17H23N5O2S. The van der Waals surface area contributed by atoms with Gasteiger partial charge in [0.05, 0.1) is 25.5 Å². The summed E-state index contributed by atoms with van der Waals surface area (Å²) in [5.41, 5.74) is 1.97. The molecule has 0 saturated carbocycles. The van der Waals surface area contributed by atoms with Crippen molar-refractivity contribution in [1.29, 1.82) is 0 Å². The van der Waals surface area contributed by atoms with E-state index in [4.69, 9.17) is 4.74 Å². The number of rotatable bonds is 6. The Labute approximate surface area is 151 Å². The minimum atomic E-state index is -0.0495. The molecule has 1 amide bonds. The van der Waals surface area contributed by atoms with Crippen LogP contribution in [0, 0.1) is 6.92 Å². The number of aromatic nitrogens is 3. The van der Waals surface area contributed by atoms with Crippen LogP contribution in [0.15, 0.2) is 29.4 Å². The molecule has 0 bridgehead atoms. The third-order valence-electron chi connectivity index (χ3n) is 4.06. The number of hydrogen-bond acceptors (Lipinski definition) is 6. The summed E-state index contributed by atoms with van der Waals surface area (Å²) in [7, 11) is 1.94. The third kappa shape index (κ3) is 5.04. The second-order valence-corrected chi connectivity index (χ2v) is 6.99. The fraction of sp³-hybridized carbons (Fsp3) is 0.471. The average molecular weight is 361 g/mol. The molecule has 2 heterocycles. The fourth-order valence-electron chi connectivity index (χ4n) is 2.53. The van der Waals surface area contributed by atoms with E-state index in [9.17, 15) is 4.79 Å². The molecule has 1 saturated heterocycles. The maximum atomic E-state index is 12.1. The van der Waals surface area contributed by atoms with Crippen LogP contribution in [-0.4, -0.2) is 57.6 Å². The molecule has 0 atom stereocenters. The number of aryl methyl sites for hydroxylation is 1. The molecule has 134 valence electrons. The number of hydrogen-bond donors (Lipinski definition) is 1. The first-order valence-electron chi connectivity index (χ1n) is 8.29. The highest BCUT2D eigenvalue weighted by Gasteiger charge is 2.16. The predicted molar refractivity (Wildman–Crippen MR) is 97.6 cm³/mol. The summed E-state index contributed by atoms with van der Waals surface area (Å²) in [6.45, 7) is 6.12. The van der Waals surface area contributed by atoms with Crippen molar-refractivity contribution in [2.24, 2.45) is 7.05 Å². The van der Waals surface area contributed by atoms with Crippen molar-refractivity contribution in [3.63, 3.8) is 0 Å². The van der Waals surface area contributed by atoms with Crippen molar-refractivity contribution in [2.75, 3.05) is 37.4 Å². The molecule has 7 nitrogen and oxygen atoms in total. The maximum absolute atomic E-state index is 12.1. The fourth-order valence-corrected chi connectivity index (χ4v) is 3.26. The van der Waals surface area contributed by atoms with Crippen LogP contribution < -0.4 is 5.32 Å². The van der Waals surface area contributed by atoms with Crippen LogP contribution in [0.1, 0.15) is 11.4 Å². The predicted octanol–water partition coefficient (Wildman–Crippen LogP) is 1.69. The van der Waals surface area contributed by atoms with Crippen LogP contribution in [-0.2, 0) is 23.1 Å². The second kappa shape index (κ2) is 8.46. The first-order valence-corrected chi connectivity index (χ1v) is 9.28. The number of ether oxygens (including phenoxy) is 1. The van der Waals surface area contributed by atoms with E-state index < -0.39 is 0 Å². The van der Waals surface area contributed by atoms with Gasteiger partial charge in [-0.05, 0) is 19.1 Å². The number of carbonyl (C=O) groups is 1. The molecule has 1 aliphatic rings. The zero-order valence-corrected chi connectivity index (χ0v) is 15.4. The Kier molecular flexibility index (Phi) is 6.06. The van der Waals surface area contributed by atoms with E-state index in [0.29, 0.717) is 5.75 Å². The minimum Gasteiger partial charge on any atom is -0.379 e. The highest BCUT2D eigenvalue weighted by molar-refractivity contribution is 7.99. The van der Waals surface area contributed by atoms with Gasteiger partial charge in [-0.15, -0.1) is 10.2 Å². The lowest BCUT2D eigenvalue weighted by molar-refractivity contribution is -0.113. The molecule has 1 aromatic heterocycles. The number of benzene rings is 1. The Bertz CT molecular complexity index is 710. The number of amides is 1. The zero-order chi connectivity index (χ0) is 17.6. The normalized spacial score (nSPS) is 15.3. The van der Waals surface area contributed by atoms with Crippen LogP contribution >= 0.6 is 11.8 Å². The molecule has 0 unspecified atom stereocenters. The molecule has 1 aliphatic heterocycles. The topological polar surface area (TPSA) is 72.3 Å². The zero-order valence-electron chi connectivity index (χ0n) is 14.6. The molecule has 0 radical (unpaired) electrons. The second-order valence-electron chi connectivity index (χ2n) is 6.05. The molecule has 0 spiro atoms. The summed E-state index contributed by atoms with van der Waals surface area (Å²) >= 11 is 1.39. The SMILES string of the molecule is Cc1ccc(NC(=O)CSc2nnc(CN3CCOCC3)n2C)cc1. The number of nitrogens with one attached hydrogen (secondary N) is 1. The average Bonchev–Trinajstić information content (AvgIpc) is 2.96. The van der Waals surface area contributed by atoms with Gasteiger partial charge in [-0.1, -0.05) is 29.5 Å². The van der Waals surface area contributed by atoms with Gasteiger partial charge in [-0.3, -0.25) is 9.69 Å². The van der Waals surface area contributed by atoms with Crippen molar-refractivity contribution >= 4 is 23.4 Å². The quantitative estimate of drug-likeness (QED) is 0.790. The number of anilines is 1. The lowest BCUT2D eigenvalue weighted by Crippen LogP contribution is -2.36. The number of morpholine rings is 1. The Morgan fingerprint density at radius 1 is 1.24 bits per heavy atom.